The fourth-order valence-electron chi connectivity index (χ4n) is 1.16. The summed E-state index contributed by atoms with van der Waals surface area (Å²) in [5.41, 5.74) is 0.583. The Morgan fingerprint density at radius 1 is 1.50 bits per heavy atom. The Balaban J connectivity index is 3.09. The zero-order valence-electron chi connectivity index (χ0n) is 8.97. The quantitative estimate of drug-likeness (QED) is 0.444. The van der Waals surface area contributed by atoms with Gasteiger partial charge in [0.15, 0.2) is 11.5 Å². The van der Waals surface area contributed by atoms with E-state index in [4.69, 9.17) is 4.74 Å². The van der Waals surface area contributed by atoms with Crippen molar-refractivity contribution >= 4 is 17.5 Å². The average Bonchev–Trinajstić information content (AvgIpc) is 2.25. The number of hydrogen-bond acceptors (Lipinski definition) is 4. The molecule has 0 aromatic heterocycles. The summed E-state index contributed by atoms with van der Waals surface area (Å²) in [5, 5.41) is 10.6. The van der Waals surface area contributed by atoms with Gasteiger partial charge >= 0.3 is 5.69 Å². The fourth-order valence-corrected chi connectivity index (χ4v) is 1.16. The number of benzene rings is 1. The van der Waals surface area contributed by atoms with E-state index < -0.39 is 4.92 Å². The van der Waals surface area contributed by atoms with Gasteiger partial charge in [0.2, 0.25) is 0 Å². The predicted molar refractivity (Wildman–Crippen MR) is 59.4 cm³/mol. The number of nitrogens with zero attached hydrogens (tertiary/aromatic N) is 1. The lowest BCUT2D eigenvalue weighted by molar-refractivity contribution is -0.385. The maximum Gasteiger partial charge on any atom is 0.310 e. The highest BCUT2D eigenvalue weighted by molar-refractivity contribution is 5.91. The van der Waals surface area contributed by atoms with Gasteiger partial charge in [-0.25, -0.2) is 0 Å². The number of hydrogen-bond donors (Lipinski definition) is 0. The van der Waals surface area contributed by atoms with Crippen molar-refractivity contribution in [2.75, 3.05) is 7.11 Å². The first-order valence-electron chi connectivity index (χ1n) is 4.55. The van der Waals surface area contributed by atoms with Crippen LogP contribution < -0.4 is 4.74 Å². The number of carbonyl (C=O) groups excluding carboxylic acids is 1. The molecule has 0 aliphatic rings. The lowest BCUT2D eigenvalue weighted by atomic mass is 10.1. The molecule has 1 aromatic rings. The molecule has 5 heteroatoms. The van der Waals surface area contributed by atoms with Crippen LogP contribution in [0.15, 0.2) is 24.3 Å². The molecule has 0 unspecified atom stereocenters. The highest BCUT2D eigenvalue weighted by Crippen LogP contribution is 2.27. The van der Waals surface area contributed by atoms with Gasteiger partial charge in [0.05, 0.1) is 12.0 Å². The molecule has 0 amide bonds. The summed E-state index contributed by atoms with van der Waals surface area (Å²) in [5.74, 6) is 0.0908. The third kappa shape index (κ3) is 2.91. The van der Waals surface area contributed by atoms with Crippen LogP contribution in [0.5, 0.6) is 5.75 Å². The van der Waals surface area contributed by atoms with E-state index in [0.717, 1.165) is 0 Å². The van der Waals surface area contributed by atoms with Crippen molar-refractivity contribution < 1.29 is 14.5 Å². The lowest BCUT2D eigenvalue weighted by Crippen LogP contribution is -1.93. The summed E-state index contributed by atoms with van der Waals surface area (Å²) in [6.45, 7) is 1.43. The smallest absolute Gasteiger partial charge is 0.310 e. The highest BCUT2D eigenvalue weighted by atomic mass is 16.6. The molecule has 0 fully saturated rings. The van der Waals surface area contributed by atoms with Crippen molar-refractivity contribution in [2.24, 2.45) is 0 Å². The van der Waals surface area contributed by atoms with Crippen molar-refractivity contribution in [3.05, 3.63) is 40.0 Å². The predicted octanol–water partition coefficient (Wildman–Crippen LogP) is 2.21. The van der Waals surface area contributed by atoms with Gasteiger partial charge in [-0.05, 0) is 30.7 Å². The van der Waals surface area contributed by atoms with Gasteiger partial charge in [0, 0.05) is 6.07 Å². The Labute approximate surface area is 92.5 Å². The van der Waals surface area contributed by atoms with Crippen molar-refractivity contribution in [2.45, 2.75) is 6.92 Å². The normalized spacial score (nSPS) is 10.4. The van der Waals surface area contributed by atoms with Gasteiger partial charge in [-0.2, -0.15) is 0 Å². The van der Waals surface area contributed by atoms with E-state index in [1.54, 1.807) is 12.1 Å². The number of nitro benzene ring substituents is 1. The molecule has 0 aliphatic carbocycles. The van der Waals surface area contributed by atoms with E-state index in [2.05, 4.69) is 0 Å². The minimum Gasteiger partial charge on any atom is -0.490 e. The van der Waals surface area contributed by atoms with Crippen LogP contribution in [0.3, 0.4) is 0 Å². The van der Waals surface area contributed by atoms with E-state index in [-0.39, 0.29) is 17.2 Å². The molecule has 0 saturated carbocycles. The van der Waals surface area contributed by atoms with Gasteiger partial charge in [0.1, 0.15) is 0 Å². The van der Waals surface area contributed by atoms with Crippen LogP contribution in [-0.2, 0) is 4.79 Å². The third-order valence-electron chi connectivity index (χ3n) is 1.91. The van der Waals surface area contributed by atoms with Gasteiger partial charge in [-0.15, -0.1) is 0 Å². The van der Waals surface area contributed by atoms with Crippen LogP contribution in [-0.4, -0.2) is 17.8 Å². The van der Waals surface area contributed by atoms with Crippen molar-refractivity contribution in [3.63, 3.8) is 0 Å². The minimum absolute atomic E-state index is 0.0858. The second-order valence-electron chi connectivity index (χ2n) is 3.13. The molecule has 0 heterocycles. The minimum atomic E-state index is -0.517. The molecule has 0 radical (unpaired) electrons. The molecule has 84 valence electrons. The number of methoxy groups -OCH3 is 1. The molecule has 0 bridgehead atoms. The first-order chi connectivity index (χ1) is 7.54. The zero-order chi connectivity index (χ0) is 12.1. The summed E-state index contributed by atoms with van der Waals surface area (Å²) >= 11 is 0. The fraction of sp³-hybridized carbons (Fsp3) is 0.182. The highest BCUT2D eigenvalue weighted by Gasteiger charge is 2.13. The SMILES string of the molecule is COc1cc(/C=C/C(C)=O)ccc1[N+](=O)[O-]. The molecular formula is C11H11NO4. The number of rotatable bonds is 4. The molecule has 0 N–H and O–H groups in total. The molecule has 0 atom stereocenters. The second kappa shape index (κ2) is 5.06. The van der Waals surface area contributed by atoms with Crippen LogP contribution in [0.4, 0.5) is 5.69 Å². The number of ether oxygens (including phenoxy) is 1. The molecule has 1 rings (SSSR count). The molecule has 0 saturated heterocycles. The summed E-state index contributed by atoms with van der Waals surface area (Å²) in [7, 11) is 1.36. The molecule has 1 aromatic carbocycles. The molecule has 16 heavy (non-hydrogen) atoms. The van der Waals surface area contributed by atoms with Crippen molar-refractivity contribution in [1.82, 2.24) is 0 Å². The largest absolute Gasteiger partial charge is 0.490 e. The first-order valence-corrected chi connectivity index (χ1v) is 4.55. The second-order valence-corrected chi connectivity index (χ2v) is 3.13. The zero-order valence-corrected chi connectivity index (χ0v) is 8.97. The first kappa shape index (κ1) is 11.9. The number of nitro groups is 1. The average molecular weight is 221 g/mol. The van der Waals surface area contributed by atoms with E-state index in [1.807, 2.05) is 0 Å². The van der Waals surface area contributed by atoms with Gasteiger partial charge < -0.3 is 4.74 Å². The Bertz CT molecular complexity index is 451. The molecule has 0 aliphatic heterocycles. The molecular weight excluding hydrogens is 210 g/mol. The van der Waals surface area contributed by atoms with E-state index >= 15 is 0 Å². The summed E-state index contributed by atoms with van der Waals surface area (Å²) in [6.07, 6.45) is 2.97. The van der Waals surface area contributed by atoms with Crippen LogP contribution in [0.1, 0.15) is 12.5 Å². The summed E-state index contributed by atoms with van der Waals surface area (Å²) in [6, 6.07) is 4.41. The van der Waals surface area contributed by atoms with Gasteiger partial charge in [0.25, 0.3) is 0 Å². The van der Waals surface area contributed by atoms with Crippen LogP contribution in [0, 0.1) is 10.1 Å². The van der Waals surface area contributed by atoms with Crippen LogP contribution in [0.2, 0.25) is 0 Å². The Kier molecular flexibility index (Phi) is 3.77. The Morgan fingerprint density at radius 3 is 2.69 bits per heavy atom. The van der Waals surface area contributed by atoms with E-state index in [0.29, 0.717) is 5.56 Å². The molecule has 5 nitrogen and oxygen atoms in total. The van der Waals surface area contributed by atoms with Crippen LogP contribution in [0.25, 0.3) is 6.08 Å². The van der Waals surface area contributed by atoms with Gasteiger partial charge in [-0.3, -0.25) is 14.9 Å². The van der Waals surface area contributed by atoms with E-state index in [1.165, 1.54) is 32.2 Å². The van der Waals surface area contributed by atoms with Crippen molar-refractivity contribution in [1.29, 1.82) is 0 Å². The maximum absolute atomic E-state index is 10.7. The third-order valence-corrected chi connectivity index (χ3v) is 1.91. The van der Waals surface area contributed by atoms with E-state index in [9.17, 15) is 14.9 Å². The topological polar surface area (TPSA) is 69.4 Å². The van der Waals surface area contributed by atoms with Gasteiger partial charge in [-0.1, -0.05) is 6.08 Å². The number of carbonyl (C=O) groups is 1. The summed E-state index contributed by atoms with van der Waals surface area (Å²) < 4.78 is 4.89. The number of allylic oxidation sites excluding steroid dienone is 1. The molecule has 0 spiro atoms. The Morgan fingerprint density at radius 2 is 2.19 bits per heavy atom. The van der Waals surface area contributed by atoms with Crippen molar-refractivity contribution in [3.8, 4) is 5.75 Å². The standard InChI is InChI=1S/C11H11NO4/c1-8(13)3-4-9-5-6-10(12(14)15)11(7-9)16-2/h3-7H,1-2H3/b4-3+. The Hall–Kier alpha value is -2.17. The lowest BCUT2D eigenvalue weighted by Gasteiger charge is -2.02. The maximum atomic E-state index is 10.7. The van der Waals surface area contributed by atoms with Crippen LogP contribution >= 0.6 is 0 Å². The summed E-state index contributed by atoms with van der Waals surface area (Å²) in [4.78, 5) is 20.8. The monoisotopic (exact) mass is 221 g/mol. The number of ketones is 1.